The van der Waals surface area contributed by atoms with E-state index in [-0.39, 0.29) is 6.42 Å². The van der Waals surface area contributed by atoms with Crippen LogP contribution in [0.4, 0.5) is 5.69 Å². The highest BCUT2D eigenvalue weighted by Gasteiger charge is 2.04. The van der Waals surface area contributed by atoms with Crippen LogP contribution in [-0.2, 0) is 4.79 Å². The second-order valence-electron chi connectivity index (χ2n) is 4.05. The van der Waals surface area contributed by atoms with Gasteiger partial charge < -0.3 is 10.4 Å². The normalized spacial score (nSPS) is 10.4. The highest BCUT2D eigenvalue weighted by molar-refractivity contribution is 5.95. The maximum absolute atomic E-state index is 10.5. The summed E-state index contributed by atoms with van der Waals surface area (Å²) in [5.74, 6) is -0.782. The van der Waals surface area contributed by atoms with Crippen molar-refractivity contribution >= 4 is 22.4 Å². The molecule has 3 nitrogen and oxygen atoms in total. The van der Waals surface area contributed by atoms with Crippen LogP contribution < -0.4 is 5.32 Å². The zero-order valence-corrected chi connectivity index (χ0v) is 9.73. The maximum Gasteiger partial charge on any atom is 0.305 e. The molecule has 2 aromatic rings. The summed E-state index contributed by atoms with van der Waals surface area (Å²) in [5.41, 5.74) is 2.17. The van der Waals surface area contributed by atoms with Gasteiger partial charge in [-0.2, -0.15) is 0 Å². The van der Waals surface area contributed by atoms with Crippen LogP contribution in [-0.4, -0.2) is 17.6 Å². The number of anilines is 1. The summed E-state index contributed by atoms with van der Waals surface area (Å²) in [6.45, 7) is 2.47. The summed E-state index contributed by atoms with van der Waals surface area (Å²) in [4.78, 5) is 10.5. The highest BCUT2D eigenvalue weighted by atomic mass is 16.4. The summed E-state index contributed by atoms with van der Waals surface area (Å²) in [5, 5.41) is 14.1. The number of carbonyl (C=O) groups is 1. The smallest absolute Gasteiger partial charge is 0.305 e. The quantitative estimate of drug-likeness (QED) is 0.847. The van der Waals surface area contributed by atoms with Crippen molar-refractivity contribution in [3.63, 3.8) is 0 Å². The molecule has 0 fully saturated rings. The summed E-state index contributed by atoms with van der Waals surface area (Å²) in [7, 11) is 0. The molecular formula is C14H15NO2. The molecule has 3 heteroatoms. The van der Waals surface area contributed by atoms with Crippen LogP contribution in [0, 0.1) is 6.92 Å². The molecule has 0 amide bonds. The van der Waals surface area contributed by atoms with Gasteiger partial charge in [-0.15, -0.1) is 0 Å². The lowest BCUT2D eigenvalue weighted by Gasteiger charge is -2.12. The van der Waals surface area contributed by atoms with E-state index in [0.717, 1.165) is 22.0 Å². The van der Waals surface area contributed by atoms with Crippen LogP contribution in [0.5, 0.6) is 0 Å². The van der Waals surface area contributed by atoms with Crippen LogP contribution in [0.1, 0.15) is 12.0 Å². The van der Waals surface area contributed by atoms with Gasteiger partial charge in [-0.1, -0.05) is 36.4 Å². The fourth-order valence-corrected chi connectivity index (χ4v) is 1.91. The predicted octanol–water partition coefficient (Wildman–Crippen LogP) is 3.03. The largest absolute Gasteiger partial charge is 0.481 e. The molecule has 2 N–H and O–H groups in total. The zero-order chi connectivity index (χ0) is 12.3. The minimum absolute atomic E-state index is 0.128. The molecular weight excluding hydrogens is 214 g/mol. The lowest BCUT2D eigenvalue weighted by atomic mass is 10.0. The molecule has 17 heavy (non-hydrogen) atoms. The van der Waals surface area contributed by atoms with Gasteiger partial charge in [0.25, 0.3) is 0 Å². The van der Waals surface area contributed by atoms with Gasteiger partial charge in [-0.05, 0) is 17.9 Å². The molecule has 0 heterocycles. The molecule has 0 unspecified atom stereocenters. The van der Waals surface area contributed by atoms with Gasteiger partial charge in [0.05, 0.1) is 6.42 Å². The molecule has 0 aromatic heterocycles. The third-order valence-corrected chi connectivity index (χ3v) is 2.78. The Balaban J connectivity index is 2.31. The number of benzene rings is 2. The third-order valence-electron chi connectivity index (χ3n) is 2.78. The number of carboxylic acids is 1. The van der Waals surface area contributed by atoms with Crippen LogP contribution in [0.2, 0.25) is 0 Å². The lowest BCUT2D eigenvalue weighted by Crippen LogP contribution is -2.08. The highest BCUT2D eigenvalue weighted by Crippen LogP contribution is 2.26. The molecule has 0 aliphatic heterocycles. The topological polar surface area (TPSA) is 49.3 Å². The van der Waals surface area contributed by atoms with Crippen molar-refractivity contribution in [2.24, 2.45) is 0 Å². The maximum atomic E-state index is 10.5. The molecule has 2 rings (SSSR count). The minimum atomic E-state index is -0.782. The van der Waals surface area contributed by atoms with Crippen LogP contribution >= 0.6 is 0 Å². The zero-order valence-electron chi connectivity index (χ0n) is 9.73. The van der Waals surface area contributed by atoms with Crippen LogP contribution in [0.25, 0.3) is 10.8 Å². The van der Waals surface area contributed by atoms with Crippen molar-refractivity contribution in [1.82, 2.24) is 0 Å². The van der Waals surface area contributed by atoms with E-state index in [1.807, 2.05) is 31.2 Å². The second kappa shape index (κ2) is 4.87. The first kappa shape index (κ1) is 11.5. The van der Waals surface area contributed by atoms with Gasteiger partial charge in [-0.25, -0.2) is 0 Å². The average Bonchev–Trinajstić information content (AvgIpc) is 2.32. The number of hydrogen-bond donors (Lipinski definition) is 2. The Bertz CT molecular complexity index is 549. The molecule has 88 valence electrons. The number of aliphatic carboxylic acids is 1. The van der Waals surface area contributed by atoms with E-state index in [0.29, 0.717) is 6.54 Å². The fraction of sp³-hybridized carbons (Fsp3) is 0.214. The second-order valence-corrected chi connectivity index (χ2v) is 4.05. The molecule has 0 saturated heterocycles. The molecule has 0 spiro atoms. The van der Waals surface area contributed by atoms with E-state index < -0.39 is 5.97 Å². The summed E-state index contributed by atoms with van der Waals surface area (Å²) in [6.07, 6.45) is 0.128. The van der Waals surface area contributed by atoms with E-state index in [1.54, 1.807) is 0 Å². The number of rotatable bonds is 4. The Morgan fingerprint density at radius 3 is 2.76 bits per heavy atom. The number of fused-ring (bicyclic) bond motifs is 1. The SMILES string of the molecule is Cc1ccc2ccccc2c1NCCC(=O)O. The van der Waals surface area contributed by atoms with Crippen molar-refractivity contribution in [3.05, 3.63) is 42.0 Å². The van der Waals surface area contributed by atoms with Crippen molar-refractivity contribution in [3.8, 4) is 0 Å². The number of nitrogens with one attached hydrogen (secondary N) is 1. The molecule has 0 aliphatic rings. The van der Waals surface area contributed by atoms with Crippen molar-refractivity contribution in [1.29, 1.82) is 0 Å². The Labute approximate surface area is 100 Å². The molecule has 0 saturated carbocycles. The van der Waals surface area contributed by atoms with Gasteiger partial charge in [0.1, 0.15) is 0 Å². The van der Waals surface area contributed by atoms with E-state index in [2.05, 4.69) is 17.4 Å². The van der Waals surface area contributed by atoms with Gasteiger partial charge >= 0.3 is 5.97 Å². The van der Waals surface area contributed by atoms with Crippen LogP contribution in [0.3, 0.4) is 0 Å². The first-order chi connectivity index (χ1) is 8.18. The summed E-state index contributed by atoms with van der Waals surface area (Å²) < 4.78 is 0. The van der Waals surface area contributed by atoms with Gasteiger partial charge in [0.15, 0.2) is 0 Å². The lowest BCUT2D eigenvalue weighted by molar-refractivity contribution is -0.136. The van der Waals surface area contributed by atoms with E-state index >= 15 is 0 Å². The fourth-order valence-electron chi connectivity index (χ4n) is 1.91. The van der Waals surface area contributed by atoms with Gasteiger partial charge in [0.2, 0.25) is 0 Å². The van der Waals surface area contributed by atoms with Crippen molar-refractivity contribution < 1.29 is 9.90 Å². The molecule has 0 aliphatic carbocycles. The van der Waals surface area contributed by atoms with E-state index in [1.165, 1.54) is 0 Å². The Kier molecular flexibility index (Phi) is 3.28. The molecule has 0 atom stereocenters. The standard InChI is InChI=1S/C14H15NO2/c1-10-6-7-11-4-2-3-5-12(11)14(10)15-9-8-13(16)17/h2-7,15H,8-9H2,1H3,(H,16,17). The Hall–Kier alpha value is -2.03. The predicted molar refractivity (Wildman–Crippen MR) is 69.4 cm³/mol. The minimum Gasteiger partial charge on any atom is -0.481 e. The van der Waals surface area contributed by atoms with Crippen molar-refractivity contribution in [2.75, 3.05) is 11.9 Å². The number of carboxylic acid groups (broad SMARTS) is 1. The van der Waals surface area contributed by atoms with Crippen LogP contribution in [0.15, 0.2) is 36.4 Å². The van der Waals surface area contributed by atoms with Gasteiger partial charge in [0, 0.05) is 17.6 Å². The Morgan fingerprint density at radius 1 is 1.24 bits per heavy atom. The molecule has 0 bridgehead atoms. The van der Waals surface area contributed by atoms with E-state index in [4.69, 9.17) is 5.11 Å². The van der Waals surface area contributed by atoms with E-state index in [9.17, 15) is 4.79 Å². The summed E-state index contributed by atoms with van der Waals surface area (Å²) in [6, 6.07) is 12.2. The number of hydrogen-bond acceptors (Lipinski definition) is 2. The summed E-state index contributed by atoms with van der Waals surface area (Å²) >= 11 is 0. The van der Waals surface area contributed by atoms with Crippen molar-refractivity contribution in [2.45, 2.75) is 13.3 Å². The molecule has 2 aromatic carbocycles. The molecule has 0 radical (unpaired) electrons. The average molecular weight is 229 g/mol. The first-order valence-corrected chi connectivity index (χ1v) is 5.62. The third kappa shape index (κ3) is 2.56. The van der Waals surface area contributed by atoms with Gasteiger partial charge in [-0.3, -0.25) is 4.79 Å². The first-order valence-electron chi connectivity index (χ1n) is 5.62. The Morgan fingerprint density at radius 2 is 2.00 bits per heavy atom. The number of aryl methyl sites for hydroxylation is 1. The monoisotopic (exact) mass is 229 g/mol.